The Labute approximate surface area is 276 Å². The van der Waals surface area contributed by atoms with E-state index in [1.807, 2.05) is 0 Å². The lowest BCUT2D eigenvalue weighted by atomic mass is 9.77. The third kappa shape index (κ3) is 5.05. The van der Waals surface area contributed by atoms with Gasteiger partial charge in [-0.3, -0.25) is 19.2 Å². The van der Waals surface area contributed by atoms with E-state index < -0.39 is 35.4 Å². The summed E-state index contributed by atoms with van der Waals surface area (Å²) in [6, 6.07) is 5.68. The van der Waals surface area contributed by atoms with Gasteiger partial charge in [-0.15, -0.1) is 0 Å². The standard InChI is InChI=1S/C28H16Br4O11/c1-9(33)38-15-7-5-13-23(25(15)40-11(3)35)42-24-14(6-8-16(39-10(2)34)26(24)41-12(4)36)28(13)18-17(27(37)43-28)19(29)21(31)22(32)20(18)30/h5-8H,1-4H3. The second-order valence-electron chi connectivity index (χ2n) is 9.09. The Morgan fingerprint density at radius 2 is 1.05 bits per heavy atom. The van der Waals surface area contributed by atoms with E-state index in [0.29, 0.717) is 23.5 Å². The van der Waals surface area contributed by atoms with Crippen molar-refractivity contribution in [1.29, 1.82) is 0 Å². The van der Waals surface area contributed by atoms with Crippen molar-refractivity contribution in [3.63, 3.8) is 0 Å². The first-order valence-corrected chi connectivity index (χ1v) is 15.2. The summed E-state index contributed by atoms with van der Waals surface area (Å²) in [4.78, 5) is 62.1. The van der Waals surface area contributed by atoms with Crippen LogP contribution < -0.4 is 23.7 Å². The number of benzene rings is 3. The Morgan fingerprint density at radius 1 is 0.628 bits per heavy atom. The fourth-order valence-corrected chi connectivity index (χ4v) is 7.38. The first kappa shape index (κ1) is 31.2. The number of ether oxygens (including phenoxy) is 6. The molecule has 2 aliphatic rings. The average molecular weight is 848 g/mol. The Balaban J connectivity index is 1.99. The minimum Gasteiger partial charge on any atom is -0.448 e. The van der Waals surface area contributed by atoms with Crippen molar-refractivity contribution in [1.82, 2.24) is 0 Å². The maximum Gasteiger partial charge on any atom is 0.341 e. The lowest BCUT2D eigenvalue weighted by Crippen LogP contribution is -2.34. The molecular weight excluding hydrogens is 832 g/mol. The molecule has 2 aliphatic heterocycles. The predicted octanol–water partition coefficient (Wildman–Crippen LogP) is 7.01. The van der Waals surface area contributed by atoms with Crippen molar-refractivity contribution in [2.24, 2.45) is 0 Å². The number of halogens is 4. The van der Waals surface area contributed by atoms with Gasteiger partial charge < -0.3 is 28.4 Å². The van der Waals surface area contributed by atoms with Crippen molar-refractivity contribution in [3.05, 3.63) is 64.4 Å². The van der Waals surface area contributed by atoms with Gasteiger partial charge >= 0.3 is 29.8 Å². The van der Waals surface area contributed by atoms with Crippen LogP contribution in [0.25, 0.3) is 0 Å². The summed E-state index contributed by atoms with van der Waals surface area (Å²) in [5, 5.41) is 0. The van der Waals surface area contributed by atoms with Crippen LogP contribution in [0.5, 0.6) is 34.5 Å². The van der Waals surface area contributed by atoms with Gasteiger partial charge in [0.25, 0.3) is 0 Å². The predicted molar refractivity (Wildman–Crippen MR) is 161 cm³/mol. The molecule has 0 saturated heterocycles. The molecular formula is C28H16Br4O11. The van der Waals surface area contributed by atoms with Gasteiger partial charge in [-0.2, -0.15) is 0 Å². The molecule has 0 unspecified atom stereocenters. The fourth-order valence-electron chi connectivity index (χ4n) is 4.82. The molecule has 3 aromatic carbocycles. The molecule has 0 fully saturated rings. The van der Waals surface area contributed by atoms with E-state index in [1.165, 1.54) is 24.3 Å². The maximum atomic E-state index is 13.7. The third-order valence-corrected chi connectivity index (χ3v) is 11.0. The van der Waals surface area contributed by atoms with Gasteiger partial charge in [0.2, 0.25) is 11.5 Å². The first-order valence-electron chi connectivity index (χ1n) is 12.0. The minimum absolute atomic E-state index is 0.136. The summed E-state index contributed by atoms with van der Waals surface area (Å²) in [7, 11) is 0. The van der Waals surface area contributed by atoms with E-state index >= 15 is 0 Å². The maximum absolute atomic E-state index is 13.7. The SMILES string of the molecule is CC(=O)Oc1ccc2c(c1OC(C)=O)Oc1c(ccc(OC(C)=O)c1OC(C)=O)C21OC(=O)c2c(Br)c(Br)c(Br)c(Br)c21. The van der Waals surface area contributed by atoms with E-state index in [9.17, 15) is 24.0 Å². The molecule has 2 heterocycles. The number of carbonyl (C=O) groups is 5. The first-order chi connectivity index (χ1) is 20.2. The largest absolute Gasteiger partial charge is 0.448 e. The summed E-state index contributed by atoms with van der Waals surface area (Å²) in [6.07, 6.45) is 0. The Hall–Kier alpha value is -3.27. The molecule has 3 aromatic rings. The van der Waals surface area contributed by atoms with Gasteiger partial charge in [-0.25, -0.2) is 4.79 Å². The molecule has 11 nitrogen and oxygen atoms in total. The average Bonchev–Trinajstić information content (AvgIpc) is 3.21. The zero-order valence-corrected chi connectivity index (χ0v) is 28.7. The van der Waals surface area contributed by atoms with Gasteiger partial charge in [0, 0.05) is 51.1 Å². The van der Waals surface area contributed by atoms with Crippen LogP contribution >= 0.6 is 63.7 Å². The summed E-state index contributed by atoms with van der Waals surface area (Å²) in [5.41, 5.74) is -1.08. The molecule has 0 saturated carbocycles. The molecule has 43 heavy (non-hydrogen) atoms. The highest BCUT2D eigenvalue weighted by atomic mass is 79.9. The Morgan fingerprint density at radius 3 is 1.47 bits per heavy atom. The molecule has 5 rings (SSSR count). The Kier molecular flexibility index (Phi) is 8.22. The van der Waals surface area contributed by atoms with E-state index in [1.54, 1.807) is 0 Å². The van der Waals surface area contributed by atoms with Crippen molar-refractivity contribution < 1.29 is 52.4 Å². The molecule has 0 atom stereocenters. The van der Waals surface area contributed by atoms with Crippen molar-refractivity contribution in [2.75, 3.05) is 0 Å². The number of carbonyl (C=O) groups excluding carboxylic acids is 5. The molecule has 0 aliphatic carbocycles. The van der Waals surface area contributed by atoms with E-state index in [0.717, 1.165) is 27.7 Å². The molecule has 0 amide bonds. The molecule has 15 heteroatoms. The third-order valence-electron chi connectivity index (χ3n) is 6.18. The van der Waals surface area contributed by atoms with Crippen LogP contribution in [0.2, 0.25) is 0 Å². The summed E-state index contributed by atoms with van der Waals surface area (Å²) >= 11 is 14.1. The van der Waals surface area contributed by atoms with Gasteiger partial charge in [-0.1, -0.05) is 0 Å². The summed E-state index contributed by atoms with van der Waals surface area (Å²) < 4.78 is 35.8. The monoisotopic (exact) mass is 844 g/mol. The lowest BCUT2D eigenvalue weighted by Gasteiger charge is -2.38. The number of rotatable bonds is 4. The minimum atomic E-state index is -1.84. The lowest BCUT2D eigenvalue weighted by molar-refractivity contribution is -0.134. The smallest absolute Gasteiger partial charge is 0.341 e. The normalized spacial score (nSPS) is 13.6. The van der Waals surface area contributed by atoms with Gasteiger partial charge in [-0.05, 0) is 88.0 Å². The van der Waals surface area contributed by atoms with E-state index in [2.05, 4.69) is 63.7 Å². The number of hydrogen-bond acceptors (Lipinski definition) is 11. The highest BCUT2D eigenvalue weighted by molar-refractivity contribution is 9.15. The second kappa shape index (κ2) is 11.3. The zero-order chi connectivity index (χ0) is 31.5. The number of hydrogen-bond donors (Lipinski definition) is 0. The van der Waals surface area contributed by atoms with Crippen LogP contribution in [0.15, 0.2) is 42.2 Å². The zero-order valence-electron chi connectivity index (χ0n) is 22.3. The van der Waals surface area contributed by atoms with Crippen molar-refractivity contribution >= 4 is 93.6 Å². The fraction of sp³-hybridized carbons (Fsp3) is 0.179. The van der Waals surface area contributed by atoms with Crippen molar-refractivity contribution in [3.8, 4) is 34.5 Å². The molecule has 1 spiro atoms. The molecule has 0 radical (unpaired) electrons. The quantitative estimate of drug-likeness (QED) is 0.116. The van der Waals surface area contributed by atoms with Crippen LogP contribution in [0, 0.1) is 0 Å². The highest BCUT2D eigenvalue weighted by Crippen LogP contribution is 2.65. The molecule has 222 valence electrons. The van der Waals surface area contributed by atoms with Crippen LogP contribution in [-0.4, -0.2) is 29.8 Å². The van der Waals surface area contributed by atoms with Crippen LogP contribution in [-0.2, 0) is 29.5 Å². The number of fused-ring (bicyclic) bond motifs is 6. The van der Waals surface area contributed by atoms with Gasteiger partial charge in [0.05, 0.1) is 16.7 Å². The van der Waals surface area contributed by atoms with Gasteiger partial charge in [0.1, 0.15) is 0 Å². The molecule has 0 N–H and O–H groups in total. The number of esters is 5. The van der Waals surface area contributed by atoms with Crippen LogP contribution in [0.3, 0.4) is 0 Å². The van der Waals surface area contributed by atoms with Crippen LogP contribution in [0.4, 0.5) is 0 Å². The van der Waals surface area contributed by atoms with Crippen LogP contribution in [0.1, 0.15) is 54.7 Å². The summed E-state index contributed by atoms with van der Waals surface area (Å²) in [6.45, 7) is 4.55. The van der Waals surface area contributed by atoms with Crippen molar-refractivity contribution in [2.45, 2.75) is 33.3 Å². The highest BCUT2D eigenvalue weighted by Gasteiger charge is 2.58. The van der Waals surface area contributed by atoms with Gasteiger partial charge in [0.15, 0.2) is 28.6 Å². The van der Waals surface area contributed by atoms with E-state index in [-0.39, 0.29) is 51.2 Å². The Bertz CT molecular complexity index is 1730. The molecule has 0 aromatic heterocycles. The molecule has 0 bridgehead atoms. The second-order valence-corrected chi connectivity index (χ2v) is 12.3. The summed E-state index contributed by atoms with van der Waals surface area (Å²) in [5.74, 6) is -5.23. The van der Waals surface area contributed by atoms with E-state index in [4.69, 9.17) is 28.4 Å². The topological polar surface area (TPSA) is 141 Å².